The van der Waals surface area contributed by atoms with Crippen molar-refractivity contribution in [3.05, 3.63) is 28.8 Å². The van der Waals surface area contributed by atoms with Crippen molar-refractivity contribution in [1.29, 1.82) is 0 Å². The van der Waals surface area contributed by atoms with Crippen molar-refractivity contribution in [1.82, 2.24) is 10.6 Å². The van der Waals surface area contributed by atoms with E-state index in [0.29, 0.717) is 0 Å². The van der Waals surface area contributed by atoms with Crippen LogP contribution < -0.4 is 16.0 Å². The van der Waals surface area contributed by atoms with Crippen molar-refractivity contribution in [2.75, 3.05) is 5.32 Å². The van der Waals surface area contributed by atoms with E-state index in [1.807, 2.05) is 0 Å². The molecule has 1 aromatic carbocycles. The van der Waals surface area contributed by atoms with Gasteiger partial charge in [-0.05, 0) is 31.0 Å². The number of piperazine rings is 1. The first-order valence-electron chi connectivity index (χ1n) is 8.47. The minimum absolute atomic E-state index is 0.0153. The molecule has 1 aliphatic heterocycles. The maximum absolute atomic E-state index is 12.9. The van der Waals surface area contributed by atoms with Gasteiger partial charge in [0, 0.05) is 17.8 Å². The summed E-state index contributed by atoms with van der Waals surface area (Å²) < 4.78 is 38.7. The van der Waals surface area contributed by atoms with Gasteiger partial charge >= 0.3 is 6.18 Å². The molecule has 3 atom stereocenters. The lowest BCUT2D eigenvalue weighted by atomic mass is 9.87. The lowest BCUT2D eigenvalue weighted by Gasteiger charge is -2.40. The first-order valence-corrected chi connectivity index (χ1v) is 8.85. The first-order chi connectivity index (χ1) is 12.2. The molecule has 26 heavy (non-hydrogen) atoms. The van der Waals surface area contributed by atoms with E-state index in [1.165, 1.54) is 6.07 Å². The third-order valence-electron chi connectivity index (χ3n) is 4.77. The minimum Gasteiger partial charge on any atom is -0.350 e. The molecule has 1 saturated heterocycles. The van der Waals surface area contributed by atoms with Crippen molar-refractivity contribution in [3.8, 4) is 0 Å². The highest BCUT2D eigenvalue weighted by atomic mass is 35.5. The molecule has 0 radical (unpaired) electrons. The number of rotatable bonds is 3. The Kier molecular flexibility index (Phi) is 5.43. The van der Waals surface area contributed by atoms with Gasteiger partial charge in [0.25, 0.3) is 0 Å². The van der Waals surface area contributed by atoms with Crippen LogP contribution in [0.25, 0.3) is 0 Å². The molecular formula is C17H19ClF3N3O2. The summed E-state index contributed by atoms with van der Waals surface area (Å²) in [5, 5.41) is 8.09. The van der Waals surface area contributed by atoms with Crippen molar-refractivity contribution in [2.45, 2.75) is 56.4 Å². The molecule has 2 fully saturated rings. The van der Waals surface area contributed by atoms with Crippen LogP contribution in [0.1, 0.15) is 37.7 Å². The Morgan fingerprint density at radius 1 is 1.23 bits per heavy atom. The summed E-state index contributed by atoms with van der Waals surface area (Å²) in [6, 6.07) is 2.68. The fourth-order valence-electron chi connectivity index (χ4n) is 3.49. The van der Waals surface area contributed by atoms with Crippen LogP contribution in [0.2, 0.25) is 5.02 Å². The summed E-state index contributed by atoms with van der Waals surface area (Å²) in [7, 11) is 0. The number of carbonyl (C=O) groups excluding carboxylic acids is 2. The average Bonchev–Trinajstić information content (AvgIpc) is 2.56. The summed E-state index contributed by atoms with van der Waals surface area (Å²) in [5.41, 5.74) is -1.03. The predicted molar refractivity (Wildman–Crippen MR) is 90.8 cm³/mol. The second-order valence-electron chi connectivity index (χ2n) is 6.67. The van der Waals surface area contributed by atoms with Crippen LogP contribution in [0, 0.1) is 0 Å². The topological polar surface area (TPSA) is 70.2 Å². The number of hydrogen-bond donors (Lipinski definition) is 3. The molecule has 3 unspecified atom stereocenters. The highest BCUT2D eigenvalue weighted by Crippen LogP contribution is 2.36. The van der Waals surface area contributed by atoms with E-state index < -0.39 is 28.7 Å². The van der Waals surface area contributed by atoms with E-state index in [0.717, 1.165) is 37.8 Å². The van der Waals surface area contributed by atoms with E-state index in [9.17, 15) is 22.8 Å². The van der Waals surface area contributed by atoms with Crippen LogP contribution in [0.3, 0.4) is 0 Å². The molecule has 142 valence electrons. The Morgan fingerprint density at radius 2 is 1.92 bits per heavy atom. The number of benzene rings is 1. The molecule has 2 aliphatic rings. The van der Waals surface area contributed by atoms with Gasteiger partial charge in [0.15, 0.2) is 0 Å². The molecule has 1 heterocycles. The third kappa shape index (κ3) is 4.29. The maximum atomic E-state index is 12.9. The van der Waals surface area contributed by atoms with Gasteiger partial charge in [-0.15, -0.1) is 0 Å². The Morgan fingerprint density at radius 3 is 2.62 bits per heavy atom. The molecule has 1 aliphatic carbocycles. The van der Waals surface area contributed by atoms with E-state index in [-0.39, 0.29) is 30.1 Å². The van der Waals surface area contributed by atoms with Crippen molar-refractivity contribution < 1.29 is 22.8 Å². The third-order valence-corrected chi connectivity index (χ3v) is 5.10. The number of carbonyl (C=O) groups is 2. The molecule has 0 spiro atoms. The van der Waals surface area contributed by atoms with E-state index in [4.69, 9.17) is 11.6 Å². The predicted octanol–water partition coefficient (Wildman–Crippen LogP) is 3.09. The largest absolute Gasteiger partial charge is 0.417 e. The lowest BCUT2D eigenvalue weighted by Crippen LogP contribution is -2.65. The maximum Gasteiger partial charge on any atom is 0.417 e. The van der Waals surface area contributed by atoms with Gasteiger partial charge in [-0.25, -0.2) is 0 Å². The molecule has 0 bridgehead atoms. The standard InChI is InChI=1S/C17H19ClF3N3O2/c18-11-6-5-9(7-10(11)17(19,20)21)22-15(25)8-14-16(26)24-13-4-2-1-3-12(13)23-14/h5-7,12-14,23H,1-4,8H2,(H,22,25)(H,24,26). The monoisotopic (exact) mass is 389 g/mol. The summed E-state index contributed by atoms with van der Waals surface area (Å²) in [6.07, 6.45) is -0.805. The number of halogens is 4. The molecule has 5 nitrogen and oxygen atoms in total. The van der Waals surface area contributed by atoms with Crippen LogP contribution in [0.15, 0.2) is 18.2 Å². The van der Waals surface area contributed by atoms with E-state index >= 15 is 0 Å². The second kappa shape index (κ2) is 7.44. The molecule has 0 aromatic heterocycles. The quantitative estimate of drug-likeness (QED) is 0.744. The Hall–Kier alpha value is -1.80. The molecule has 3 rings (SSSR count). The fourth-order valence-corrected chi connectivity index (χ4v) is 3.71. The summed E-state index contributed by atoms with van der Waals surface area (Å²) in [6.45, 7) is 0. The molecular weight excluding hydrogens is 371 g/mol. The number of alkyl halides is 3. The number of anilines is 1. The summed E-state index contributed by atoms with van der Waals surface area (Å²) in [4.78, 5) is 24.3. The van der Waals surface area contributed by atoms with Gasteiger partial charge < -0.3 is 16.0 Å². The van der Waals surface area contributed by atoms with Gasteiger partial charge in [-0.1, -0.05) is 24.4 Å². The van der Waals surface area contributed by atoms with Crippen molar-refractivity contribution >= 4 is 29.1 Å². The molecule has 1 aromatic rings. The Balaban J connectivity index is 1.63. The highest BCUT2D eigenvalue weighted by Gasteiger charge is 2.37. The van der Waals surface area contributed by atoms with Gasteiger partial charge in [0.05, 0.1) is 23.0 Å². The zero-order chi connectivity index (χ0) is 18.9. The van der Waals surface area contributed by atoms with Crippen LogP contribution in [-0.4, -0.2) is 29.9 Å². The van der Waals surface area contributed by atoms with Gasteiger partial charge in [-0.3, -0.25) is 9.59 Å². The highest BCUT2D eigenvalue weighted by molar-refractivity contribution is 6.31. The van der Waals surface area contributed by atoms with Gasteiger partial charge in [0.2, 0.25) is 11.8 Å². The summed E-state index contributed by atoms with van der Waals surface area (Å²) in [5.74, 6) is -0.794. The van der Waals surface area contributed by atoms with Crippen LogP contribution in [0.4, 0.5) is 18.9 Å². The average molecular weight is 390 g/mol. The number of nitrogens with one attached hydrogen (secondary N) is 3. The van der Waals surface area contributed by atoms with Crippen LogP contribution in [0.5, 0.6) is 0 Å². The normalized spacial score (nSPS) is 26.0. The number of hydrogen-bond acceptors (Lipinski definition) is 3. The van der Waals surface area contributed by atoms with Gasteiger partial charge in [0.1, 0.15) is 0 Å². The van der Waals surface area contributed by atoms with Crippen LogP contribution >= 0.6 is 11.6 Å². The van der Waals surface area contributed by atoms with Crippen LogP contribution in [-0.2, 0) is 15.8 Å². The van der Waals surface area contributed by atoms with E-state index in [1.54, 1.807) is 0 Å². The molecule has 9 heteroatoms. The fraction of sp³-hybridized carbons (Fsp3) is 0.529. The number of amides is 2. The smallest absolute Gasteiger partial charge is 0.350 e. The first kappa shape index (κ1) is 19.0. The zero-order valence-electron chi connectivity index (χ0n) is 13.8. The Bertz CT molecular complexity index is 711. The zero-order valence-corrected chi connectivity index (χ0v) is 14.6. The van der Waals surface area contributed by atoms with Gasteiger partial charge in [-0.2, -0.15) is 13.2 Å². The second-order valence-corrected chi connectivity index (χ2v) is 7.08. The van der Waals surface area contributed by atoms with E-state index in [2.05, 4.69) is 16.0 Å². The molecule has 1 saturated carbocycles. The SMILES string of the molecule is O=C(CC1NC2CCCCC2NC1=O)Nc1ccc(Cl)c(C(F)(F)F)c1. The van der Waals surface area contributed by atoms with Crippen molar-refractivity contribution in [2.24, 2.45) is 0 Å². The summed E-state index contributed by atoms with van der Waals surface area (Å²) >= 11 is 5.56. The van der Waals surface area contributed by atoms with Crippen molar-refractivity contribution in [3.63, 3.8) is 0 Å². The number of fused-ring (bicyclic) bond motifs is 1. The lowest BCUT2D eigenvalue weighted by molar-refractivity contribution is -0.137. The Labute approximate surface area is 153 Å². The molecule has 3 N–H and O–H groups in total. The minimum atomic E-state index is -4.61. The molecule has 2 amide bonds.